The first-order valence-electron chi connectivity index (χ1n) is 7.14. The maximum Gasteiger partial charge on any atom is 0.232 e. The number of carbonyl (C=O) groups is 1. The molecule has 0 saturated carbocycles. The summed E-state index contributed by atoms with van der Waals surface area (Å²) in [6.07, 6.45) is 0. The molecule has 4 nitrogen and oxygen atoms in total. The molecule has 118 valence electrons. The summed E-state index contributed by atoms with van der Waals surface area (Å²) >= 11 is 1.58. The highest BCUT2D eigenvalue weighted by atomic mass is 32.2. The maximum atomic E-state index is 12.0. The van der Waals surface area contributed by atoms with Crippen LogP contribution >= 0.6 is 11.3 Å². The Bertz CT molecular complexity index is 639. The van der Waals surface area contributed by atoms with Gasteiger partial charge in [0, 0.05) is 28.6 Å². The molecule has 0 bridgehead atoms. The van der Waals surface area contributed by atoms with Gasteiger partial charge in [0.25, 0.3) is 0 Å². The van der Waals surface area contributed by atoms with Gasteiger partial charge in [-0.15, -0.1) is 11.3 Å². The first kappa shape index (κ1) is 16.8. The van der Waals surface area contributed by atoms with E-state index >= 15 is 0 Å². The molecular weight excluding hydrogens is 316 g/mol. The molecule has 1 heterocycles. The number of nitrogens with one attached hydrogen (secondary N) is 1. The van der Waals surface area contributed by atoms with Crippen LogP contribution in [0.1, 0.15) is 36.0 Å². The van der Waals surface area contributed by atoms with Crippen molar-refractivity contribution in [2.24, 2.45) is 0 Å². The van der Waals surface area contributed by atoms with Gasteiger partial charge in [-0.25, -0.2) is 4.98 Å². The number of benzene rings is 1. The van der Waals surface area contributed by atoms with Gasteiger partial charge in [-0.2, -0.15) is 0 Å². The Morgan fingerprint density at radius 2 is 2.05 bits per heavy atom. The molecule has 1 aromatic carbocycles. The van der Waals surface area contributed by atoms with E-state index in [4.69, 9.17) is 0 Å². The Balaban J connectivity index is 1.77. The van der Waals surface area contributed by atoms with Gasteiger partial charge in [0.2, 0.25) is 5.91 Å². The van der Waals surface area contributed by atoms with Crippen LogP contribution in [0.25, 0.3) is 0 Å². The van der Waals surface area contributed by atoms with Crippen LogP contribution in [0.2, 0.25) is 0 Å². The number of carbonyl (C=O) groups excluding carboxylic acids is 1. The lowest BCUT2D eigenvalue weighted by Crippen LogP contribution is -2.28. The molecule has 6 heteroatoms. The second-order valence-electron chi connectivity index (χ2n) is 5.32. The summed E-state index contributed by atoms with van der Waals surface area (Å²) in [5.41, 5.74) is 1.84. The van der Waals surface area contributed by atoms with Crippen molar-refractivity contribution in [2.45, 2.75) is 32.1 Å². The number of rotatable bonds is 7. The van der Waals surface area contributed by atoms with Crippen LogP contribution in [-0.2, 0) is 27.9 Å². The smallest absolute Gasteiger partial charge is 0.232 e. The zero-order valence-corrected chi connectivity index (χ0v) is 14.4. The summed E-state index contributed by atoms with van der Waals surface area (Å²) in [7, 11) is -1.23. The standard InChI is InChI=1S/C16H20N2O2S2/c1-12(2)16-18-14(9-21-16)10-22(20)11-15(19)17-8-13-6-4-3-5-7-13/h3-7,9,12H,8,10-11H2,1-2H3,(H,17,19)/t22-/m1/s1. The molecule has 0 spiro atoms. The molecule has 0 aliphatic carbocycles. The summed E-state index contributed by atoms with van der Waals surface area (Å²) < 4.78 is 12.0. The van der Waals surface area contributed by atoms with Crippen LogP contribution in [0.15, 0.2) is 35.7 Å². The fourth-order valence-electron chi connectivity index (χ4n) is 1.86. The van der Waals surface area contributed by atoms with E-state index in [-0.39, 0.29) is 11.7 Å². The van der Waals surface area contributed by atoms with E-state index in [9.17, 15) is 9.00 Å². The van der Waals surface area contributed by atoms with Crippen molar-refractivity contribution in [3.05, 3.63) is 52.0 Å². The number of hydrogen-bond acceptors (Lipinski definition) is 4. The molecule has 2 aromatic rings. The molecule has 0 radical (unpaired) electrons. The first-order valence-corrected chi connectivity index (χ1v) is 9.51. The van der Waals surface area contributed by atoms with E-state index < -0.39 is 10.8 Å². The molecule has 1 amide bonds. The fraction of sp³-hybridized carbons (Fsp3) is 0.375. The Hall–Kier alpha value is -1.53. The second kappa shape index (κ2) is 8.19. The Morgan fingerprint density at radius 3 is 2.68 bits per heavy atom. The third kappa shape index (κ3) is 5.35. The Kier molecular flexibility index (Phi) is 6.27. The molecule has 22 heavy (non-hydrogen) atoms. The molecule has 0 aliphatic rings. The lowest BCUT2D eigenvalue weighted by atomic mass is 10.2. The van der Waals surface area contributed by atoms with Crippen LogP contribution < -0.4 is 5.32 Å². The molecule has 0 saturated heterocycles. The number of thiazole rings is 1. The number of hydrogen-bond donors (Lipinski definition) is 1. The third-order valence-corrected chi connectivity index (χ3v) is 5.39. The maximum absolute atomic E-state index is 12.0. The highest BCUT2D eigenvalue weighted by Crippen LogP contribution is 2.19. The van der Waals surface area contributed by atoms with Crippen LogP contribution in [0, 0.1) is 0 Å². The lowest BCUT2D eigenvalue weighted by Gasteiger charge is -2.05. The largest absolute Gasteiger partial charge is 0.351 e. The Labute approximate surface area is 137 Å². The summed E-state index contributed by atoms with van der Waals surface area (Å²) in [6, 6.07) is 9.67. The minimum Gasteiger partial charge on any atom is -0.351 e. The normalized spacial score (nSPS) is 12.3. The molecule has 1 N–H and O–H groups in total. The van der Waals surface area contributed by atoms with E-state index in [0.29, 0.717) is 18.2 Å². The van der Waals surface area contributed by atoms with Crippen molar-refractivity contribution in [3.63, 3.8) is 0 Å². The average Bonchev–Trinajstić information content (AvgIpc) is 2.95. The number of nitrogens with zero attached hydrogens (tertiary/aromatic N) is 1. The minimum absolute atomic E-state index is 0.0153. The zero-order valence-electron chi connectivity index (χ0n) is 12.7. The first-order chi connectivity index (χ1) is 10.5. The van der Waals surface area contributed by atoms with Gasteiger partial charge in [-0.3, -0.25) is 9.00 Å². The number of amides is 1. The molecule has 2 rings (SSSR count). The van der Waals surface area contributed by atoms with Gasteiger partial charge >= 0.3 is 0 Å². The molecule has 0 fully saturated rings. The van der Waals surface area contributed by atoms with E-state index in [1.54, 1.807) is 11.3 Å². The van der Waals surface area contributed by atoms with Crippen molar-refractivity contribution in [3.8, 4) is 0 Å². The van der Waals surface area contributed by atoms with Crippen LogP contribution in [0.5, 0.6) is 0 Å². The molecule has 0 aliphatic heterocycles. The summed E-state index contributed by atoms with van der Waals surface area (Å²) in [5.74, 6) is 0.534. The predicted octanol–water partition coefficient (Wildman–Crippen LogP) is 2.83. The highest BCUT2D eigenvalue weighted by Gasteiger charge is 2.12. The molecular formula is C16H20N2O2S2. The predicted molar refractivity (Wildman–Crippen MR) is 91.2 cm³/mol. The minimum atomic E-state index is -1.23. The fourth-order valence-corrected chi connectivity index (χ4v) is 3.78. The highest BCUT2D eigenvalue weighted by molar-refractivity contribution is 7.84. The van der Waals surface area contributed by atoms with E-state index in [1.165, 1.54) is 0 Å². The van der Waals surface area contributed by atoms with Crippen molar-refractivity contribution >= 4 is 28.0 Å². The monoisotopic (exact) mass is 336 g/mol. The van der Waals surface area contributed by atoms with E-state index in [2.05, 4.69) is 24.1 Å². The van der Waals surface area contributed by atoms with Crippen molar-refractivity contribution < 1.29 is 9.00 Å². The van der Waals surface area contributed by atoms with Crippen LogP contribution in [0.3, 0.4) is 0 Å². The quantitative estimate of drug-likeness (QED) is 0.846. The lowest BCUT2D eigenvalue weighted by molar-refractivity contribution is -0.118. The van der Waals surface area contributed by atoms with Crippen LogP contribution in [-0.4, -0.2) is 20.9 Å². The van der Waals surface area contributed by atoms with Gasteiger partial charge in [0.1, 0.15) is 5.75 Å². The average molecular weight is 336 g/mol. The van der Waals surface area contributed by atoms with E-state index in [0.717, 1.165) is 16.3 Å². The van der Waals surface area contributed by atoms with Gasteiger partial charge in [0.05, 0.1) is 16.5 Å². The number of aromatic nitrogens is 1. The zero-order chi connectivity index (χ0) is 15.9. The van der Waals surface area contributed by atoms with Crippen molar-refractivity contribution in [1.29, 1.82) is 0 Å². The van der Waals surface area contributed by atoms with Gasteiger partial charge in [-0.1, -0.05) is 44.2 Å². The van der Waals surface area contributed by atoms with Crippen molar-refractivity contribution in [2.75, 3.05) is 5.75 Å². The SMILES string of the molecule is CC(C)c1nc(C[S@@](=O)CC(=O)NCc2ccccc2)cs1. The Morgan fingerprint density at radius 1 is 1.32 bits per heavy atom. The van der Waals surface area contributed by atoms with E-state index in [1.807, 2.05) is 35.7 Å². The van der Waals surface area contributed by atoms with Crippen LogP contribution in [0.4, 0.5) is 0 Å². The van der Waals surface area contributed by atoms with Gasteiger partial charge in [0.15, 0.2) is 0 Å². The summed E-state index contributed by atoms with van der Waals surface area (Å²) in [6.45, 7) is 4.62. The third-order valence-electron chi connectivity index (χ3n) is 3.00. The summed E-state index contributed by atoms with van der Waals surface area (Å²) in [5, 5.41) is 5.76. The second-order valence-corrected chi connectivity index (χ2v) is 7.67. The van der Waals surface area contributed by atoms with Crippen molar-refractivity contribution in [1.82, 2.24) is 10.3 Å². The molecule has 1 aromatic heterocycles. The molecule has 0 unspecified atom stereocenters. The summed E-state index contributed by atoms with van der Waals surface area (Å²) in [4.78, 5) is 16.3. The molecule has 1 atom stereocenters. The van der Waals surface area contributed by atoms with Gasteiger partial charge in [-0.05, 0) is 5.56 Å². The van der Waals surface area contributed by atoms with Gasteiger partial charge < -0.3 is 5.32 Å². The topological polar surface area (TPSA) is 59.1 Å².